The summed E-state index contributed by atoms with van der Waals surface area (Å²) in [4.78, 5) is 1.30. The van der Waals surface area contributed by atoms with E-state index in [9.17, 15) is 0 Å². The van der Waals surface area contributed by atoms with E-state index in [2.05, 4.69) is 47.1 Å². The van der Waals surface area contributed by atoms with Crippen molar-refractivity contribution in [2.45, 2.75) is 43.5 Å². The van der Waals surface area contributed by atoms with Gasteiger partial charge in [-0.25, -0.2) is 0 Å². The number of nitrogens with two attached hydrogens (primary N) is 1. The Morgan fingerprint density at radius 2 is 1.94 bits per heavy atom. The second-order valence-corrected chi connectivity index (χ2v) is 6.03. The molecule has 90 valence electrons. The molecule has 0 bridgehead atoms. The second kappa shape index (κ2) is 8.15. The third-order valence-corrected chi connectivity index (χ3v) is 4.19. The molecule has 0 amide bonds. The predicted molar refractivity (Wildman–Crippen MR) is 77.0 cm³/mol. The number of hydrogen-bond donors (Lipinski definition) is 1. The second-order valence-electron chi connectivity index (χ2n) is 4.02. The Labute approximate surface area is 111 Å². The molecule has 1 nitrogen and oxygen atoms in total. The lowest BCUT2D eigenvalue weighted by Gasteiger charge is -2.10. The number of hydrogen-bond acceptors (Lipinski definition) is 2. The smallest absolute Gasteiger partial charge is 0.0176 e. The molecular formula is C13H20BrNS. The average Bonchev–Trinajstić information content (AvgIpc) is 2.29. The summed E-state index contributed by atoms with van der Waals surface area (Å²) in [7, 11) is 0. The van der Waals surface area contributed by atoms with Crippen LogP contribution in [0.15, 0.2) is 33.6 Å². The van der Waals surface area contributed by atoms with Gasteiger partial charge in [0.2, 0.25) is 0 Å². The summed E-state index contributed by atoms with van der Waals surface area (Å²) in [6, 6.07) is 8.75. The third-order valence-electron chi connectivity index (χ3n) is 2.46. The predicted octanol–water partition coefficient (Wildman–Crippen LogP) is 4.45. The normalized spacial score (nSPS) is 12.7. The minimum Gasteiger partial charge on any atom is -0.327 e. The van der Waals surface area contributed by atoms with Crippen LogP contribution in [0.2, 0.25) is 0 Å². The summed E-state index contributed by atoms with van der Waals surface area (Å²) in [5.74, 6) is 1.02. The molecule has 0 aliphatic rings. The Hall–Kier alpha value is 0.01000. The Morgan fingerprint density at radius 1 is 1.25 bits per heavy atom. The molecule has 1 aromatic carbocycles. The molecule has 0 saturated carbocycles. The minimum absolute atomic E-state index is 0.334. The van der Waals surface area contributed by atoms with Crippen LogP contribution in [0.3, 0.4) is 0 Å². The van der Waals surface area contributed by atoms with Crippen molar-refractivity contribution < 1.29 is 0 Å². The third kappa shape index (κ3) is 5.92. The lowest BCUT2D eigenvalue weighted by atomic mass is 10.1. The molecule has 0 fully saturated rings. The van der Waals surface area contributed by atoms with Crippen LogP contribution in [0.25, 0.3) is 0 Å². The van der Waals surface area contributed by atoms with E-state index in [4.69, 9.17) is 5.73 Å². The van der Waals surface area contributed by atoms with Crippen LogP contribution in [-0.4, -0.2) is 11.8 Å². The zero-order valence-electron chi connectivity index (χ0n) is 9.79. The van der Waals surface area contributed by atoms with Gasteiger partial charge in [-0.05, 0) is 30.7 Å². The fraction of sp³-hybridized carbons (Fsp3) is 0.538. The maximum atomic E-state index is 6.06. The highest BCUT2D eigenvalue weighted by Gasteiger charge is 2.03. The van der Waals surface area contributed by atoms with Crippen molar-refractivity contribution in [1.29, 1.82) is 0 Å². The first-order chi connectivity index (χ1) is 7.72. The summed E-state index contributed by atoms with van der Waals surface area (Å²) in [6.07, 6.45) is 4.99. The summed E-state index contributed by atoms with van der Waals surface area (Å²) in [6.45, 7) is 2.22. The van der Waals surface area contributed by atoms with Crippen molar-refractivity contribution >= 4 is 27.7 Å². The summed E-state index contributed by atoms with van der Waals surface area (Å²) in [5.41, 5.74) is 6.06. The summed E-state index contributed by atoms with van der Waals surface area (Å²) >= 11 is 5.28. The Bertz CT molecular complexity index is 286. The molecule has 1 atom stereocenters. The van der Waals surface area contributed by atoms with Gasteiger partial charge in [0.15, 0.2) is 0 Å². The largest absolute Gasteiger partial charge is 0.327 e. The van der Waals surface area contributed by atoms with Crippen molar-refractivity contribution in [3.8, 4) is 0 Å². The van der Waals surface area contributed by atoms with Gasteiger partial charge in [-0.3, -0.25) is 0 Å². The Morgan fingerprint density at radius 3 is 2.56 bits per heavy atom. The highest BCUT2D eigenvalue weighted by atomic mass is 79.9. The maximum absolute atomic E-state index is 6.06. The van der Waals surface area contributed by atoms with E-state index in [1.165, 1.54) is 24.2 Å². The topological polar surface area (TPSA) is 26.0 Å². The van der Waals surface area contributed by atoms with Crippen LogP contribution >= 0.6 is 27.7 Å². The lowest BCUT2D eigenvalue weighted by Crippen LogP contribution is -2.22. The van der Waals surface area contributed by atoms with E-state index >= 15 is 0 Å². The zero-order valence-corrected chi connectivity index (χ0v) is 12.2. The first kappa shape index (κ1) is 14.1. The molecule has 1 rings (SSSR count). The SMILES string of the molecule is CCCCCC(N)CSc1ccc(Br)cc1. The van der Waals surface area contributed by atoms with Gasteiger partial charge in [0, 0.05) is 21.2 Å². The van der Waals surface area contributed by atoms with Crippen LogP contribution < -0.4 is 5.73 Å². The van der Waals surface area contributed by atoms with Crippen molar-refractivity contribution in [2.24, 2.45) is 5.73 Å². The van der Waals surface area contributed by atoms with E-state index in [1.807, 2.05) is 11.8 Å². The fourth-order valence-corrected chi connectivity index (χ4v) is 2.64. The standard InChI is InChI=1S/C13H20BrNS/c1-2-3-4-5-12(15)10-16-13-8-6-11(14)7-9-13/h6-9,12H,2-5,10,15H2,1H3. The van der Waals surface area contributed by atoms with Crippen LogP contribution in [0.5, 0.6) is 0 Å². The fourth-order valence-electron chi connectivity index (χ4n) is 1.47. The van der Waals surface area contributed by atoms with Gasteiger partial charge in [0.1, 0.15) is 0 Å². The molecular weight excluding hydrogens is 282 g/mol. The number of thioether (sulfide) groups is 1. The molecule has 0 radical (unpaired) electrons. The molecule has 0 saturated heterocycles. The number of rotatable bonds is 7. The molecule has 1 aromatic rings. The first-order valence-electron chi connectivity index (χ1n) is 5.86. The van der Waals surface area contributed by atoms with Crippen LogP contribution in [-0.2, 0) is 0 Å². The molecule has 0 spiro atoms. The molecule has 0 aromatic heterocycles. The Kier molecular flexibility index (Phi) is 7.17. The van der Waals surface area contributed by atoms with Gasteiger partial charge < -0.3 is 5.73 Å². The van der Waals surface area contributed by atoms with Gasteiger partial charge >= 0.3 is 0 Å². The molecule has 0 heterocycles. The zero-order chi connectivity index (χ0) is 11.8. The van der Waals surface area contributed by atoms with Gasteiger partial charge in [-0.1, -0.05) is 42.1 Å². The Balaban J connectivity index is 2.20. The highest BCUT2D eigenvalue weighted by Crippen LogP contribution is 2.21. The molecule has 0 aliphatic heterocycles. The van der Waals surface area contributed by atoms with E-state index < -0.39 is 0 Å². The highest BCUT2D eigenvalue weighted by molar-refractivity contribution is 9.10. The van der Waals surface area contributed by atoms with Gasteiger partial charge in [-0.2, -0.15) is 0 Å². The summed E-state index contributed by atoms with van der Waals surface area (Å²) < 4.78 is 1.13. The van der Waals surface area contributed by atoms with Gasteiger partial charge in [0.25, 0.3) is 0 Å². The minimum atomic E-state index is 0.334. The average molecular weight is 302 g/mol. The molecule has 16 heavy (non-hydrogen) atoms. The quantitative estimate of drug-likeness (QED) is 0.595. The summed E-state index contributed by atoms with van der Waals surface area (Å²) in [5, 5.41) is 0. The monoisotopic (exact) mass is 301 g/mol. The molecule has 0 aliphatic carbocycles. The van der Waals surface area contributed by atoms with E-state index in [0.717, 1.165) is 16.6 Å². The van der Waals surface area contributed by atoms with E-state index in [-0.39, 0.29) is 0 Å². The maximum Gasteiger partial charge on any atom is 0.0176 e. The van der Waals surface area contributed by atoms with Crippen LogP contribution in [0.1, 0.15) is 32.6 Å². The van der Waals surface area contributed by atoms with Crippen molar-refractivity contribution in [1.82, 2.24) is 0 Å². The van der Waals surface area contributed by atoms with Crippen molar-refractivity contribution in [3.05, 3.63) is 28.7 Å². The lowest BCUT2D eigenvalue weighted by molar-refractivity contribution is 0.597. The number of unbranched alkanes of at least 4 members (excludes halogenated alkanes) is 2. The van der Waals surface area contributed by atoms with Crippen LogP contribution in [0.4, 0.5) is 0 Å². The molecule has 1 unspecified atom stereocenters. The van der Waals surface area contributed by atoms with Crippen molar-refractivity contribution in [2.75, 3.05) is 5.75 Å². The molecule has 3 heteroatoms. The van der Waals surface area contributed by atoms with Gasteiger partial charge in [-0.15, -0.1) is 11.8 Å². The number of benzene rings is 1. The van der Waals surface area contributed by atoms with E-state index in [1.54, 1.807) is 0 Å². The first-order valence-corrected chi connectivity index (χ1v) is 7.64. The van der Waals surface area contributed by atoms with E-state index in [0.29, 0.717) is 6.04 Å². The van der Waals surface area contributed by atoms with Gasteiger partial charge in [0.05, 0.1) is 0 Å². The van der Waals surface area contributed by atoms with Crippen molar-refractivity contribution in [3.63, 3.8) is 0 Å². The number of halogens is 1. The van der Waals surface area contributed by atoms with Crippen LogP contribution in [0, 0.1) is 0 Å². The molecule has 2 N–H and O–H groups in total.